The fraction of sp³-hybridized carbons (Fsp3) is 0.882. The average Bonchev–Trinajstić information content (AvgIpc) is 2.43. The van der Waals surface area contributed by atoms with Gasteiger partial charge in [-0.05, 0) is 12.8 Å². The number of ether oxygens (including phenoxy) is 1. The van der Waals surface area contributed by atoms with Crippen LogP contribution < -0.4 is 0 Å². The standard InChI is InChI=1S/C17H32O5/c1-2-3-4-5-6-7-8-9-10-11-12-13-15(14-16(18)19)22-17(20)21/h15H,2-14H2,1H3,(H,18,19)(H,20,21). The summed E-state index contributed by atoms with van der Waals surface area (Å²) in [6.07, 6.45) is 11.5. The minimum atomic E-state index is -1.39. The molecule has 0 radical (unpaired) electrons. The Bertz CT molecular complexity index is 275. The van der Waals surface area contributed by atoms with Gasteiger partial charge in [-0.25, -0.2) is 4.79 Å². The SMILES string of the molecule is CCCCCCCCCCCCCC(CC(=O)O)OC(=O)O. The largest absolute Gasteiger partial charge is 0.506 e. The third-order valence-electron chi connectivity index (χ3n) is 3.80. The minimum absolute atomic E-state index is 0.246. The van der Waals surface area contributed by atoms with E-state index in [1.54, 1.807) is 0 Å². The van der Waals surface area contributed by atoms with Crippen LogP contribution in [0.2, 0.25) is 0 Å². The van der Waals surface area contributed by atoms with Crippen LogP contribution in [0.5, 0.6) is 0 Å². The van der Waals surface area contributed by atoms with Crippen LogP contribution in [0.25, 0.3) is 0 Å². The maximum absolute atomic E-state index is 10.6. The molecule has 0 bridgehead atoms. The van der Waals surface area contributed by atoms with Crippen molar-refractivity contribution in [1.29, 1.82) is 0 Å². The molecule has 0 aliphatic heterocycles. The summed E-state index contributed by atoms with van der Waals surface area (Å²) < 4.78 is 4.59. The van der Waals surface area contributed by atoms with E-state index in [4.69, 9.17) is 10.2 Å². The average molecular weight is 316 g/mol. The quantitative estimate of drug-likeness (QED) is 0.319. The fourth-order valence-electron chi connectivity index (χ4n) is 2.58. The van der Waals surface area contributed by atoms with Crippen LogP contribution in [-0.4, -0.2) is 28.4 Å². The molecule has 22 heavy (non-hydrogen) atoms. The molecule has 0 aromatic rings. The van der Waals surface area contributed by atoms with Gasteiger partial charge in [-0.3, -0.25) is 4.79 Å². The second kappa shape index (κ2) is 14.7. The second-order valence-corrected chi connectivity index (χ2v) is 5.93. The van der Waals surface area contributed by atoms with Crippen molar-refractivity contribution in [2.24, 2.45) is 0 Å². The first-order valence-corrected chi connectivity index (χ1v) is 8.67. The highest BCUT2D eigenvalue weighted by Crippen LogP contribution is 2.14. The monoisotopic (exact) mass is 316 g/mol. The summed E-state index contributed by atoms with van der Waals surface area (Å²) in [5.74, 6) is -1.02. The molecule has 0 aliphatic rings. The topological polar surface area (TPSA) is 83.8 Å². The highest BCUT2D eigenvalue weighted by molar-refractivity contribution is 5.68. The van der Waals surface area contributed by atoms with Gasteiger partial charge in [0.15, 0.2) is 0 Å². The Labute approximate surface area is 134 Å². The molecule has 5 heteroatoms. The Morgan fingerprint density at radius 3 is 1.68 bits per heavy atom. The molecule has 0 saturated carbocycles. The molecule has 5 nitrogen and oxygen atoms in total. The maximum Gasteiger partial charge on any atom is 0.506 e. The van der Waals surface area contributed by atoms with Crippen molar-refractivity contribution in [3.05, 3.63) is 0 Å². The molecule has 0 aromatic heterocycles. The zero-order valence-corrected chi connectivity index (χ0v) is 13.9. The number of hydrogen-bond donors (Lipinski definition) is 2. The molecule has 0 amide bonds. The summed E-state index contributed by atoms with van der Waals surface area (Å²) in [4.78, 5) is 21.1. The summed E-state index contributed by atoms with van der Waals surface area (Å²) in [6.45, 7) is 2.22. The summed E-state index contributed by atoms with van der Waals surface area (Å²) in [7, 11) is 0. The van der Waals surface area contributed by atoms with Crippen LogP contribution in [0.15, 0.2) is 0 Å². The first-order valence-electron chi connectivity index (χ1n) is 8.67. The van der Waals surface area contributed by atoms with E-state index in [1.807, 2.05) is 0 Å². The van der Waals surface area contributed by atoms with Gasteiger partial charge in [0.1, 0.15) is 6.10 Å². The van der Waals surface area contributed by atoms with Gasteiger partial charge >= 0.3 is 12.1 Å². The van der Waals surface area contributed by atoms with Crippen LogP contribution in [0.4, 0.5) is 4.79 Å². The van der Waals surface area contributed by atoms with Gasteiger partial charge in [-0.1, -0.05) is 71.1 Å². The maximum atomic E-state index is 10.6. The third-order valence-corrected chi connectivity index (χ3v) is 3.80. The number of rotatable bonds is 15. The fourth-order valence-corrected chi connectivity index (χ4v) is 2.58. The molecule has 130 valence electrons. The van der Waals surface area contributed by atoms with Crippen LogP contribution in [-0.2, 0) is 9.53 Å². The highest BCUT2D eigenvalue weighted by atomic mass is 16.7. The highest BCUT2D eigenvalue weighted by Gasteiger charge is 2.16. The molecule has 0 aromatic carbocycles. The van der Waals surface area contributed by atoms with E-state index in [-0.39, 0.29) is 6.42 Å². The van der Waals surface area contributed by atoms with Gasteiger partial charge < -0.3 is 14.9 Å². The number of carbonyl (C=O) groups is 2. The molecule has 0 aliphatic carbocycles. The molecule has 2 N–H and O–H groups in total. The molecule has 0 rings (SSSR count). The van der Waals surface area contributed by atoms with Crippen molar-refractivity contribution in [3.63, 3.8) is 0 Å². The van der Waals surface area contributed by atoms with Gasteiger partial charge in [-0.2, -0.15) is 0 Å². The number of hydrogen-bond acceptors (Lipinski definition) is 3. The van der Waals surface area contributed by atoms with Crippen molar-refractivity contribution in [2.75, 3.05) is 0 Å². The zero-order chi connectivity index (χ0) is 16.6. The van der Waals surface area contributed by atoms with Gasteiger partial charge in [-0.15, -0.1) is 0 Å². The molecular formula is C17H32O5. The lowest BCUT2D eigenvalue weighted by atomic mass is 10.0. The number of aliphatic carboxylic acids is 1. The third kappa shape index (κ3) is 15.1. The van der Waals surface area contributed by atoms with Crippen LogP contribution in [0.3, 0.4) is 0 Å². The Balaban J connectivity index is 3.45. The van der Waals surface area contributed by atoms with E-state index >= 15 is 0 Å². The van der Waals surface area contributed by atoms with E-state index in [9.17, 15) is 9.59 Å². The van der Waals surface area contributed by atoms with Crippen LogP contribution >= 0.6 is 0 Å². The smallest absolute Gasteiger partial charge is 0.481 e. The minimum Gasteiger partial charge on any atom is -0.481 e. The molecule has 0 fully saturated rings. The Morgan fingerprint density at radius 2 is 1.27 bits per heavy atom. The van der Waals surface area contributed by atoms with Crippen molar-refractivity contribution in [2.45, 2.75) is 96.5 Å². The van der Waals surface area contributed by atoms with Crippen molar-refractivity contribution in [1.82, 2.24) is 0 Å². The Hall–Kier alpha value is -1.26. The number of unbranched alkanes of at least 4 members (excludes halogenated alkanes) is 10. The van der Waals surface area contributed by atoms with E-state index < -0.39 is 18.2 Å². The van der Waals surface area contributed by atoms with Crippen molar-refractivity contribution < 1.29 is 24.5 Å². The molecule has 0 spiro atoms. The number of carboxylic acids is 1. The van der Waals surface area contributed by atoms with Gasteiger partial charge in [0.25, 0.3) is 0 Å². The predicted molar refractivity (Wildman–Crippen MR) is 86.2 cm³/mol. The van der Waals surface area contributed by atoms with E-state index in [2.05, 4.69) is 11.7 Å². The molecule has 1 atom stereocenters. The lowest BCUT2D eigenvalue weighted by Crippen LogP contribution is -2.20. The first kappa shape index (κ1) is 20.7. The normalized spacial score (nSPS) is 12.0. The molecule has 1 unspecified atom stereocenters. The molecule has 0 saturated heterocycles. The van der Waals surface area contributed by atoms with Gasteiger partial charge in [0, 0.05) is 0 Å². The van der Waals surface area contributed by atoms with Gasteiger partial charge in [0.2, 0.25) is 0 Å². The summed E-state index contributed by atoms with van der Waals surface area (Å²) in [6, 6.07) is 0. The van der Waals surface area contributed by atoms with E-state index in [0.717, 1.165) is 19.3 Å². The van der Waals surface area contributed by atoms with Crippen molar-refractivity contribution in [3.8, 4) is 0 Å². The Kier molecular flexibility index (Phi) is 13.8. The van der Waals surface area contributed by atoms with Crippen LogP contribution in [0, 0.1) is 0 Å². The van der Waals surface area contributed by atoms with E-state index in [0.29, 0.717) is 6.42 Å². The van der Waals surface area contributed by atoms with Crippen molar-refractivity contribution >= 4 is 12.1 Å². The predicted octanol–water partition coefficient (Wildman–Crippen LogP) is 5.23. The zero-order valence-electron chi connectivity index (χ0n) is 13.9. The first-order chi connectivity index (χ1) is 10.6. The Morgan fingerprint density at radius 1 is 0.818 bits per heavy atom. The number of carboxylic acid groups (broad SMARTS) is 2. The summed E-state index contributed by atoms with van der Waals surface area (Å²) in [5, 5.41) is 17.3. The summed E-state index contributed by atoms with van der Waals surface area (Å²) in [5.41, 5.74) is 0. The molecule has 0 heterocycles. The lowest BCUT2D eigenvalue weighted by Gasteiger charge is -2.13. The van der Waals surface area contributed by atoms with Crippen LogP contribution in [0.1, 0.15) is 90.4 Å². The lowest BCUT2D eigenvalue weighted by molar-refractivity contribution is -0.139. The van der Waals surface area contributed by atoms with E-state index in [1.165, 1.54) is 51.4 Å². The van der Waals surface area contributed by atoms with Gasteiger partial charge in [0.05, 0.1) is 6.42 Å². The summed E-state index contributed by atoms with van der Waals surface area (Å²) >= 11 is 0. The second-order valence-electron chi connectivity index (χ2n) is 5.93. The molecular weight excluding hydrogens is 284 g/mol.